The molecule has 0 spiro atoms. The van der Waals surface area contributed by atoms with Gasteiger partial charge < -0.3 is 10.6 Å². The van der Waals surface area contributed by atoms with Crippen LogP contribution in [0.2, 0.25) is 0 Å². The van der Waals surface area contributed by atoms with Crippen LogP contribution in [0.4, 0.5) is 0 Å². The average Bonchev–Trinajstić information content (AvgIpc) is 2.65. The molecule has 2 N–H and O–H groups in total. The molecule has 0 aromatic rings. The van der Waals surface area contributed by atoms with Crippen molar-refractivity contribution in [3.8, 4) is 0 Å². The van der Waals surface area contributed by atoms with Crippen molar-refractivity contribution in [1.82, 2.24) is 4.90 Å². The Morgan fingerprint density at radius 2 is 1.81 bits per heavy atom. The van der Waals surface area contributed by atoms with Gasteiger partial charge >= 0.3 is 0 Å². The Hall–Kier alpha value is -0.280. The lowest BCUT2D eigenvalue weighted by molar-refractivity contribution is -0.135. The molecule has 3 nitrogen and oxygen atoms in total. The molecule has 1 amide bonds. The molecular formula is C12H25ClN2O. The van der Waals surface area contributed by atoms with E-state index < -0.39 is 0 Å². The van der Waals surface area contributed by atoms with Crippen molar-refractivity contribution in [2.24, 2.45) is 11.7 Å². The van der Waals surface area contributed by atoms with Gasteiger partial charge in [0.15, 0.2) is 0 Å². The third-order valence-corrected chi connectivity index (χ3v) is 3.00. The maximum Gasteiger partial charge on any atom is 0.239 e. The van der Waals surface area contributed by atoms with E-state index in [9.17, 15) is 4.79 Å². The number of carbonyl (C=O) groups excluding carboxylic acids is 1. The van der Waals surface area contributed by atoms with Gasteiger partial charge in [0.2, 0.25) is 5.91 Å². The van der Waals surface area contributed by atoms with Gasteiger partial charge in [0.1, 0.15) is 0 Å². The maximum absolute atomic E-state index is 12.0. The van der Waals surface area contributed by atoms with Gasteiger partial charge in [0.25, 0.3) is 0 Å². The quantitative estimate of drug-likeness (QED) is 0.829. The standard InChI is InChI=1S/C12H24N2O.ClH/c1-9(2)8-14(12(15)10(3)13)11-6-4-5-7-11;/h9-11H,4-8,13H2,1-3H3;1H/t10-;/m1./s1. The van der Waals surface area contributed by atoms with Crippen molar-refractivity contribution < 1.29 is 4.79 Å². The summed E-state index contributed by atoms with van der Waals surface area (Å²) in [7, 11) is 0. The molecule has 1 rings (SSSR count). The minimum absolute atomic E-state index is 0. The number of rotatable bonds is 4. The van der Waals surface area contributed by atoms with E-state index in [1.54, 1.807) is 6.92 Å². The van der Waals surface area contributed by atoms with Gasteiger partial charge in [-0.25, -0.2) is 0 Å². The summed E-state index contributed by atoms with van der Waals surface area (Å²) in [6.45, 7) is 6.93. The zero-order valence-corrected chi connectivity index (χ0v) is 11.4. The van der Waals surface area contributed by atoms with Crippen molar-refractivity contribution >= 4 is 18.3 Å². The molecule has 0 aromatic carbocycles. The van der Waals surface area contributed by atoms with E-state index in [1.807, 2.05) is 4.90 Å². The molecule has 1 aliphatic rings. The predicted molar refractivity (Wildman–Crippen MR) is 69.7 cm³/mol. The van der Waals surface area contributed by atoms with E-state index in [0.29, 0.717) is 12.0 Å². The van der Waals surface area contributed by atoms with Crippen LogP contribution in [0, 0.1) is 5.92 Å². The number of nitrogens with zero attached hydrogens (tertiary/aromatic N) is 1. The lowest BCUT2D eigenvalue weighted by Gasteiger charge is -2.32. The molecule has 96 valence electrons. The molecule has 16 heavy (non-hydrogen) atoms. The highest BCUT2D eigenvalue weighted by molar-refractivity contribution is 5.85. The van der Waals surface area contributed by atoms with Gasteiger partial charge in [0.05, 0.1) is 6.04 Å². The van der Waals surface area contributed by atoms with Crippen molar-refractivity contribution in [3.63, 3.8) is 0 Å². The topological polar surface area (TPSA) is 46.3 Å². The molecule has 1 aliphatic carbocycles. The number of hydrogen-bond acceptors (Lipinski definition) is 2. The van der Waals surface area contributed by atoms with E-state index in [-0.39, 0.29) is 24.4 Å². The smallest absolute Gasteiger partial charge is 0.239 e. The van der Waals surface area contributed by atoms with Gasteiger partial charge in [-0.2, -0.15) is 0 Å². The summed E-state index contributed by atoms with van der Waals surface area (Å²) >= 11 is 0. The van der Waals surface area contributed by atoms with Crippen LogP contribution in [-0.4, -0.2) is 29.4 Å². The Morgan fingerprint density at radius 3 is 2.19 bits per heavy atom. The highest BCUT2D eigenvalue weighted by Gasteiger charge is 2.28. The van der Waals surface area contributed by atoms with E-state index >= 15 is 0 Å². The Bertz CT molecular complexity index is 213. The number of halogens is 1. The van der Waals surface area contributed by atoms with Crippen LogP contribution in [0.3, 0.4) is 0 Å². The molecule has 0 bridgehead atoms. The van der Waals surface area contributed by atoms with Gasteiger partial charge in [-0.3, -0.25) is 4.79 Å². The van der Waals surface area contributed by atoms with E-state index in [1.165, 1.54) is 12.8 Å². The second kappa shape index (κ2) is 7.13. The van der Waals surface area contributed by atoms with Gasteiger partial charge in [-0.1, -0.05) is 26.7 Å². The highest BCUT2D eigenvalue weighted by atomic mass is 35.5. The molecular weight excluding hydrogens is 224 g/mol. The van der Waals surface area contributed by atoms with Crippen LogP contribution in [0.15, 0.2) is 0 Å². The second-order valence-electron chi connectivity index (χ2n) is 5.11. The molecule has 4 heteroatoms. The predicted octanol–water partition coefficient (Wildman–Crippen LogP) is 2.18. The van der Waals surface area contributed by atoms with Crippen molar-refractivity contribution in [1.29, 1.82) is 0 Å². The first kappa shape index (κ1) is 15.7. The van der Waals surface area contributed by atoms with Gasteiger partial charge in [0, 0.05) is 12.6 Å². The van der Waals surface area contributed by atoms with Gasteiger partial charge in [-0.05, 0) is 25.7 Å². The summed E-state index contributed by atoms with van der Waals surface area (Å²) in [5, 5.41) is 0. The summed E-state index contributed by atoms with van der Waals surface area (Å²) in [4.78, 5) is 14.0. The molecule has 0 aromatic heterocycles. The first-order valence-electron chi connectivity index (χ1n) is 6.08. The third-order valence-electron chi connectivity index (χ3n) is 3.00. The van der Waals surface area contributed by atoms with Gasteiger partial charge in [-0.15, -0.1) is 12.4 Å². The van der Waals surface area contributed by atoms with Crippen LogP contribution >= 0.6 is 12.4 Å². The lowest BCUT2D eigenvalue weighted by atomic mass is 10.1. The molecule has 0 saturated heterocycles. The van der Waals surface area contributed by atoms with Crippen molar-refractivity contribution in [2.45, 2.75) is 58.5 Å². The highest BCUT2D eigenvalue weighted by Crippen LogP contribution is 2.24. The van der Waals surface area contributed by atoms with Crippen LogP contribution in [-0.2, 0) is 4.79 Å². The van der Waals surface area contributed by atoms with Crippen LogP contribution in [0.25, 0.3) is 0 Å². The fourth-order valence-electron chi connectivity index (χ4n) is 2.29. The summed E-state index contributed by atoms with van der Waals surface area (Å²) < 4.78 is 0. The fourth-order valence-corrected chi connectivity index (χ4v) is 2.29. The number of nitrogens with two attached hydrogens (primary N) is 1. The zero-order valence-electron chi connectivity index (χ0n) is 10.6. The summed E-state index contributed by atoms with van der Waals surface area (Å²) in [5.74, 6) is 0.643. The van der Waals surface area contributed by atoms with Crippen molar-refractivity contribution in [2.75, 3.05) is 6.54 Å². The Morgan fingerprint density at radius 1 is 1.31 bits per heavy atom. The molecule has 0 unspecified atom stereocenters. The fraction of sp³-hybridized carbons (Fsp3) is 0.917. The Kier molecular flexibility index (Phi) is 7.00. The average molecular weight is 249 g/mol. The third kappa shape index (κ3) is 4.30. The molecule has 0 aliphatic heterocycles. The van der Waals surface area contributed by atoms with Crippen molar-refractivity contribution in [3.05, 3.63) is 0 Å². The summed E-state index contributed by atoms with van der Waals surface area (Å²) in [6, 6.07) is 0.0928. The first-order valence-corrected chi connectivity index (χ1v) is 6.08. The van der Waals surface area contributed by atoms with Crippen LogP contribution in [0.5, 0.6) is 0 Å². The first-order chi connectivity index (χ1) is 7.02. The number of amides is 1. The van der Waals surface area contributed by atoms with Crippen LogP contribution < -0.4 is 5.73 Å². The molecule has 0 radical (unpaired) electrons. The number of carbonyl (C=O) groups is 1. The molecule has 1 saturated carbocycles. The second-order valence-corrected chi connectivity index (χ2v) is 5.11. The largest absolute Gasteiger partial charge is 0.338 e. The summed E-state index contributed by atoms with van der Waals surface area (Å²) in [6.07, 6.45) is 4.83. The normalized spacial score (nSPS) is 18.3. The Labute approximate surface area is 105 Å². The number of hydrogen-bond donors (Lipinski definition) is 1. The monoisotopic (exact) mass is 248 g/mol. The van der Waals surface area contributed by atoms with Crippen LogP contribution in [0.1, 0.15) is 46.5 Å². The van der Waals surface area contributed by atoms with E-state index in [2.05, 4.69) is 13.8 Å². The maximum atomic E-state index is 12.0. The molecule has 0 heterocycles. The molecule has 1 fully saturated rings. The Balaban J connectivity index is 0.00000225. The zero-order chi connectivity index (χ0) is 11.4. The SMILES string of the molecule is CC(C)CN(C(=O)[C@@H](C)N)C1CCCC1.Cl. The minimum Gasteiger partial charge on any atom is -0.338 e. The van der Waals surface area contributed by atoms with E-state index in [4.69, 9.17) is 5.73 Å². The molecule has 1 atom stereocenters. The lowest BCUT2D eigenvalue weighted by Crippen LogP contribution is -2.48. The minimum atomic E-state index is -0.357. The van der Waals surface area contributed by atoms with E-state index in [0.717, 1.165) is 19.4 Å². The summed E-state index contributed by atoms with van der Waals surface area (Å²) in [5.41, 5.74) is 5.69.